The van der Waals surface area contributed by atoms with Crippen molar-refractivity contribution in [2.24, 2.45) is 0 Å². The van der Waals surface area contributed by atoms with Gasteiger partial charge in [-0.15, -0.1) is 0 Å². The number of ether oxygens (including phenoxy) is 1. The molecule has 3 aromatic rings. The second kappa shape index (κ2) is 8.34. The minimum atomic E-state index is -0.273. The summed E-state index contributed by atoms with van der Waals surface area (Å²) in [7, 11) is 1.64. The Hall–Kier alpha value is -3.08. The highest BCUT2D eigenvalue weighted by Gasteiger charge is 2.21. The van der Waals surface area contributed by atoms with Crippen molar-refractivity contribution in [3.8, 4) is 5.75 Å². The predicted molar refractivity (Wildman–Crippen MR) is 101 cm³/mol. The van der Waals surface area contributed by atoms with Gasteiger partial charge in [0.05, 0.1) is 19.2 Å². The van der Waals surface area contributed by atoms with Crippen LogP contribution >= 0.6 is 0 Å². The average molecular weight is 349 g/mol. The lowest BCUT2D eigenvalue weighted by Gasteiger charge is -2.23. The van der Waals surface area contributed by atoms with E-state index in [-0.39, 0.29) is 18.0 Å². The third kappa shape index (κ3) is 4.11. The molecule has 1 heterocycles. The number of aromatic nitrogens is 2. The second-order valence-electron chi connectivity index (χ2n) is 6.19. The molecule has 1 N–H and O–H groups in total. The molecule has 1 amide bonds. The highest BCUT2D eigenvalue weighted by Crippen LogP contribution is 2.30. The molecule has 26 heavy (non-hydrogen) atoms. The van der Waals surface area contributed by atoms with Gasteiger partial charge in [-0.2, -0.15) is 5.10 Å². The monoisotopic (exact) mass is 349 g/mol. The number of hydrogen-bond acceptors (Lipinski definition) is 3. The summed E-state index contributed by atoms with van der Waals surface area (Å²) >= 11 is 0. The number of methoxy groups -OCH3 is 1. The first-order valence-corrected chi connectivity index (χ1v) is 8.65. The van der Waals surface area contributed by atoms with E-state index in [0.717, 1.165) is 16.9 Å². The Morgan fingerprint density at radius 2 is 1.85 bits per heavy atom. The van der Waals surface area contributed by atoms with Crippen LogP contribution in [-0.4, -0.2) is 22.8 Å². The fourth-order valence-electron chi connectivity index (χ4n) is 3.01. The lowest BCUT2D eigenvalue weighted by atomic mass is 9.97. The smallest absolute Gasteiger partial charge is 0.222 e. The Kier molecular flexibility index (Phi) is 5.69. The van der Waals surface area contributed by atoms with Gasteiger partial charge < -0.3 is 10.1 Å². The summed E-state index contributed by atoms with van der Waals surface area (Å²) in [6, 6.07) is 19.2. The summed E-state index contributed by atoms with van der Waals surface area (Å²) in [4.78, 5) is 12.7. The van der Waals surface area contributed by atoms with Crippen LogP contribution < -0.4 is 10.1 Å². The van der Waals surface area contributed by atoms with Crippen molar-refractivity contribution >= 4 is 5.91 Å². The standard InChI is InChI=1S/C21H23N3O2/c1-16(24-14-8-13-22-24)15-20(25)23-21(17-9-4-3-5-10-17)18-11-6-7-12-19(18)26-2/h3-14,16,21H,15H2,1-2H3,(H,23,25)/t16-,21+/m1/s1. The lowest BCUT2D eigenvalue weighted by Crippen LogP contribution is -2.31. The maximum absolute atomic E-state index is 12.7. The Morgan fingerprint density at radius 1 is 1.12 bits per heavy atom. The van der Waals surface area contributed by atoms with Crippen LogP contribution in [0.25, 0.3) is 0 Å². The quantitative estimate of drug-likeness (QED) is 0.707. The van der Waals surface area contributed by atoms with Gasteiger partial charge in [0.2, 0.25) is 5.91 Å². The number of nitrogens with zero attached hydrogens (tertiary/aromatic N) is 2. The molecule has 3 rings (SSSR count). The largest absolute Gasteiger partial charge is 0.496 e. The van der Waals surface area contributed by atoms with Gasteiger partial charge in [0.25, 0.3) is 0 Å². The number of benzene rings is 2. The molecule has 0 aliphatic heterocycles. The number of rotatable bonds is 7. The summed E-state index contributed by atoms with van der Waals surface area (Å²) in [5.74, 6) is 0.717. The summed E-state index contributed by atoms with van der Waals surface area (Å²) in [5.41, 5.74) is 1.94. The van der Waals surface area contributed by atoms with Crippen LogP contribution in [0, 0.1) is 0 Å². The van der Waals surface area contributed by atoms with Gasteiger partial charge >= 0.3 is 0 Å². The number of para-hydroxylation sites is 1. The molecule has 1 aromatic heterocycles. The summed E-state index contributed by atoms with van der Waals surface area (Å²) in [6.07, 6.45) is 3.93. The number of carbonyl (C=O) groups is 1. The van der Waals surface area contributed by atoms with Gasteiger partial charge in [0, 0.05) is 24.4 Å². The molecule has 0 fully saturated rings. The van der Waals surface area contributed by atoms with E-state index in [1.165, 1.54) is 0 Å². The Bertz CT molecular complexity index is 831. The number of amides is 1. The molecule has 0 aliphatic carbocycles. The Morgan fingerprint density at radius 3 is 2.54 bits per heavy atom. The van der Waals surface area contributed by atoms with Crippen molar-refractivity contribution in [1.82, 2.24) is 15.1 Å². The first-order chi connectivity index (χ1) is 12.7. The van der Waals surface area contributed by atoms with E-state index < -0.39 is 0 Å². The molecule has 2 atom stereocenters. The molecular formula is C21H23N3O2. The van der Waals surface area contributed by atoms with Crippen LogP contribution in [0.15, 0.2) is 73.1 Å². The molecule has 0 unspecified atom stereocenters. The minimum absolute atomic E-state index is 0.0147. The van der Waals surface area contributed by atoms with Crippen LogP contribution in [-0.2, 0) is 4.79 Å². The van der Waals surface area contributed by atoms with Gasteiger partial charge in [-0.1, -0.05) is 48.5 Å². The van der Waals surface area contributed by atoms with Gasteiger partial charge in [-0.25, -0.2) is 0 Å². The third-order valence-corrected chi connectivity index (χ3v) is 4.35. The summed E-state index contributed by atoms with van der Waals surface area (Å²) < 4.78 is 7.30. The Labute approximate surface area is 153 Å². The van der Waals surface area contributed by atoms with Crippen molar-refractivity contribution in [3.05, 3.63) is 84.2 Å². The second-order valence-corrected chi connectivity index (χ2v) is 6.19. The Balaban J connectivity index is 1.83. The van der Waals surface area contributed by atoms with Crippen molar-refractivity contribution < 1.29 is 9.53 Å². The van der Waals surface area contributed by atoms with Crippen molar-refractivity contribution in [2.45, 2.75) is 25.4 Å². The molecule has 2 aromatic carbocycles. The van der Waals surface area contributed by atoms with E-state index in [2.05, 4.69) is 10.4 Å². The number of carbonyl (C=O) groups excluding carboxylic acids is 1. The number of nitrogens with one attached hydrogen (secondary N) is 1. The van der Waals surface area contributed by atoms with Gasteiger partial charge in [0.15, 0.2) is 0 Å². The third-order valence-electron chi connectivity index (χ3n) is 4.35. The zero-order chi connectivity index (χ0) is 18.4. The zero-order valence-electron chi connectivity index (χ0n) is 15.0. The van der Waals surface area contributed by atoms with Crippen molar-refractivity contribution in [2.75, 3.05) is 7.11 Å². The van der Waals surface area contributed by atoms with Crippen LogP contribution in [0.5, 0.6) is 5.75 Å². The van der Waals surface area contributed by atoms with Crippen molar-refractivity contribution in [3.63, 3.8) is 0 Å². The topological polar surface area (TPSA) is 56.1 Å². The van der Waals surface area contributed by atoms with E-state index in [9.17, 15) is 4.79 Å². The minimum Gasteiger partial charge on any atom is -0.496 e. The van der Waals surface area contributed by atoms with E-state index in [4.69, 9.17) is 4.74 Å². The highest BCUT2D eigenvalue weighted by atomic mass is 16.5. The fourth-order valence-corrected chi connectivity index (χ4v) is 3.01. The first-order valence-electron chi connectivity index (χ1n) is 8.65. The fraction of sp³-hybridized carbons (Fsp3) is 0.238. The maximum atomic E-state index is 12.7. The normalized spacial score (nSPS) is 13.0. The van der Waals surface area contributed by atoms with Gasteiger partial charge in [-0.05, 0) is 24.6 Å². The number of hydrogen-bond donors (Lipinski definition) is 1. The van der Waals surface area contributed by atoms with E-state index in [1.807, 2.05) is 73.8 Å². The molecule has 0 spiro atoms. The van der Waals surface area contributed by atoms with Gasteiger partial charge in [0.1, 0.15) is 5.75 Å². The molecule has 0 radical (unpaired) electrons. The van der Waals surface area contributed by atoms with Gasteiger partial charge in [-0.3, -0.25) is 9.48 Å². The summed E-state index contributed by atoms with van der Waals surface area (Å²) in [5, 5.41) is 7.37. The maximum Gasteiger partial charge on any atom is 0.222 e. The molecule has 5 heteroatoms. The predicted octanol–water partition coefficient (Wildman–Crippen LogP) is 3.75. The van der Waals surface area contributed by atoms with Crippen LogP contribution in [0.2, 0.25) is 0 Å². The molecule has 134 valence electrons. The lowest BCUT2D eigenvalue weighted by molar-refractivity contribution is -0.122. The molecule has 0 aliphatic rings. The molecule has 0 saturated carbocycles. The highest BCUT2D eigenvalue weighted by molar-refractivity contribution is 5.77. The van der Waals surface area contributed by atoms with E-state index in [0.29, 0.717) is 6.42 Å². The van der Waals surface area contributed by atoms with Crippen LogP contribution in [0.4, 0.5) is 0 Å². The van der Waals surface area contributed by atoms with Crippen LogP contribution in [0.1, 0.15) is 36.6 Å². The van der Waals surface area contributed by atoms with E-state index in [1.54, 1.807) is 18.0 Å². The van der Waals surface area contributed by atoms with Crippen molar-refractivity contribution in [1.29, 1.82) is 0 Å². The molecule has 0 bridgehead atoms. The SMILES string of the molecule is COc1ccccc1[C@@H](NC(=O)C[C@@H](C)n1cccn1)c1ccccc1. The zero-order valence-corrected chi connectivity index (χ0v) is 15.0. The van der Waals surface area contributed by atoms with E-state index >= 15 is 0 Å². The first kappa shape index (κ1) is 17.7. The molecular weight excluding hydrogens is 326 g/mol. The summed E-state index contributed by atoms with van der Waals surface area (Å²) in [6.45, 7) is 1.98. The molecule has 0 saturated heterocycles. The molecule has 5 nitrogen and oxygen atoms in total. The average Bonchev–Trinajstić information content (AvgIpc) is 3.22. The van der Waals surface area contributed by atoms with Crippen LogP contribution in [0.3, 0.4) is 0 Å².